The summed E-state index contributed by atoms with van der Waals surface area (Å²) in [7, 11) is 0. The predicted octanol–water partition coefficient (Wildman–Crippen LogP) is 4.53. The lowest BCUT2D eigenvalue weighted by atomic mass is 10.0. The summed E-state index contributed by atoms with van der Waals surface area (Å²) in [5, 5.41) is 4.87. The molecule has 120 valence electrons. The molecule has 21 heavy (non-hydrogen) atoms. The van der Waals surface area contributed by atoms with Crippen LogP contribution in [0.1, 0.15) is 76.8 Å². The number of aromatic nitrogens is 1. The van der Waals surface area contributed by atoms with Gasteiger partial charge >= 0.3 is 0 Å². The summed E-state index contributed by atoms with van der Waals surface area (Å²) in [4.78, 5) is 8.94. The third-order valence-corrected chi connectivity index (χ3v) is 5.64. The van der Waals surface area contributed by atoms with Crippen LogP contribution in [-0.2, 0) is 6.54 Å². The number of nitrogens with zero attached hydrogens (tertiary/aromatic N) is 2. The van der Waals surface area contributed by atoms with Crippen molar-refractivity contribution in [2.75, 3.05) is 11.4 Å². The van der Waals surface area contributed by atoms with Crippen LogP contribution in [0.3, 0.4) is 0 Å². The summed E-state index contributed by atoms with van der Waals surface area (Å²) in [5.74, 6) is 0.504. The molecule has 1 aromatic rings. The Morgan fingerprint density at radius 3 is 2.71 bits per heavy atom. The molecule has 0 amide bonds. The fourth-order valence-corrected chi connectivity index (χ4v) is 4.14. The van der Waals surface area contributed by atoms with Gasteiger partial charge in [0.25, 0.3) is 0 Å². The molecule has 1 fully saturated rings. The Labute approximate surface area is 134 Å². The van der Waals surface area contributed by atoms with Gasteiger partial charge in [-0.3, -0.25) is 0 Å². The third-order valence-electron chi connectivity index (χ3n) is 4.54. The molecule has 1 aliphatic rings. The summed E-state index contributed by atoms with van der Waals surface area (Å²) in [6, 6.07) is 1.21. The highest BCUT2D eigenvalue weighted by Crippen LogP contribution is 2.34. The van der Waals surface area contributed by atoms with Crippen LogP contribution in [0.2, 0.25) is 0 Å². The second-order valence-corrected chi connectivity index (χ2v) is 7.75. The highest BCUT2D eigenvalue weighted by molar-refractivity contribution is 7.15. The number of thiazole rings is 1. The SMILES string of the molecule is CCC(C)NCc1sc(N2CCCCC2C)nc1C(C)C. The smallest absolute Gasteiger partial charge is 0.186 e. The lowest BCUT2D eigenvalue weighted by Gasteiger charge is -2.33. The van der Waals surface area contributed by atoms with Crippen molar-refractivity contribution in [3.8, 4) is 0 Å². The van der Waals surface area contributed by atoms with E-state index >= 15 is 0 Å². The first-order valence-corrected chi connectivity index (χ1v) is 9.34. The van der Waals surface area contributed by atoms with E-state index in [1.807, 2.05) is 11.3 Å². The average Bonchev–Trinajstić information content (AvgIpc) is 2.89. The average molecular weight is 310 g/mol. The van der Waals surface area contributed by atoms with E-state index in [1.165, 1.54) is 47.9 Å². The number of hydrogen-bond donors (Lipinski definition) is 1. The van der Waals surface area contributed by atoms with Crippen molar-refractivity contribution >= 4 is 16.5 Å². The lowest BCUT2D eigenvalue weighted by molar-refractivity contribution is 0.483. The molecule has 0 aliphatic carbocycles. The topological polar surface area (TPSA) is 28.2 Å². The van der Waals surface area contributed by atoms with Gasteiger partial charge < -0.3 is 10.2 Å². The summed E-state index contributed by atoms with van der Waals surface area (Å²) < 4.78 is 0. The maximum absolute atomic E-state index is 4.99. The Kier molecular flexibility index (Phi) is 6.06. The van der Waals surface area contributed by atoms with E-state index in [4.69, 9.17) is 4.98 Å². The number of anilines is 1. The first-order valence-electron chi connectivity index (χ1n) is 8.52. The second kappa shape index (κ2) is 7.59. The minimum Gasteiger partial charge on any atom is -0.345 e. The van der Waals surface area contributed by atoms with Gasteiger partial charge in [-0.25, -0.2) is 4.98 Å². The first kappa shape index (κ1) is 16.8. The van der Waals surface area contributed by atoms with Crippen LogP contribution >= 0.6 is 11.3 Å². The monoisotopic (exact) mass is 309 g/mol. The van der Waals surface area contributed by atoms with Gasteiger partial charge in [0.05, 0.1) is 5.69 Å². The molecule has 0 aromatic carbocycles. The molecular weight excluding hydrogens is 278 g/mol. The Morgan fingerprint density at radius 1 is 1.33 bits per heavy atom. The maximum Gasteiger partial charge on any atom is 0.186 e. The number of nitrogens with one attached hydrogen (secondary N) is 1. The molecule has 2 atom stereocenters. The minimum atomic E-state index is 0.504. The highest BCUT2D eigenvalue weighted by atomic mass is 32.1. The molecule has 2 unspecified atom stereocenters. The van der Waals surface area contributed by atoms with E-state index < -0.39 is 0 Å². The molecular formula is C17H31N3S. The molecule has 0 saturated carbocycles. The van der Waals surface area contributed by atoms with E-state index in [2.05, 4.69) is 44.8 Å². The molecule has 2 rings (SSSR count). The number of piperidine rings is 1. The standard InChI is InChI=1S/C17H31N3S/c1-6-13(4)18-11-15-16(12(2)3)19-17(21-15)20-10-8-7-9-14(20)5/h12-14,18H,6-11H2,1-5H3. The van der Waals surface area contributed by atoms with Gasteiger partial charge in [-0.05, 0) is 45.4 Å². The normalized spacial score (nSPS) is 21.0. The quantitative estimate of drug-likeness (QED) is 0.836. The van der Waals surface area contributed by atoms with Gasteiger partial charge in [-0.1, -0.05) is 20.8 Å². The summed E-state index contributed by atoms with van der Waals surface area (Å²) in [6.07, 6.45) is 5.15. The Balaban J connectivity index is 2.15. The Morgan fingerprint density at radius 2 is 2.10 bits per heavy atom. The van der Waals surface area contributed by atoms with Gasteiger partial charge in [0, 0.05) is 30.1 Å². The van der Waals surface area contributed by atoms with Crippen LogP contribution in [0.15, 0.2) is 0 Å². The summed E-state index contributed by atoms with van der Waals surface area (Å²) >= 11 is 1.90. The summed E-state index contributed by atoms with van der Waals surface area (Å²) in [6.45, 7) is 13.5. The van der Waals surface area contributed by atoms with Crippen molar-refractivity contribution in [3.63, 3.8) is 0 Å². The lowest BCUT2D eigenvalue weighted by Crippen LogP contribution is -2.37. The molecule has 1 saturated heterocycles. The van der Waals surface area contributed by atoms with Gasteiger partial charge in [0.2, 0.25) is 0 Å². The largest absolute Gasteiger partial charge is 0.345 e. The molecule has 4 heteroatoms. The molecule has 0 radical (unpaired) electrons. The summed E-state index contributed by atoms with van der Waals surface area (Å²) in [5.41, 5.74) is 1.29. The zero-order chi connectivity index (χ0) is 15.4. The van der Waals surface area contributed by atoms with E-state index in [9.17, 15) is 0 Å². The van der Waals surface area contributed by atoms with Crippen LogP contribution < -0.4 is 10.2 Å². The number of rotatable bonds is 6. The molecule has 0 spiro atoms. The van der Waals surface area contributed by atoms with Gasteiger partial charge in [0.1, 0.15) is 0 Å². The molecule has 1 N–H and O–H groups in total. The Hall–Kier alpha value is -0.610. The van der Waals surface area contributed by atoms with Gasteiger partial charge in [-0.2, -0.15) is 0 Å². The van der Waals surface area contributed by atoms with Crippen molar-refractivity contribution in [1.29, 1.82) is 0 Å². The van der Waals surface area contributed by atoms with E-state index in [1.54, 1.807) is 0 Å². The van der Waals surface area contributed by atoms with Crippen LogP contribution in [0.25, 0.3) is 0 Å². The predicted molar refractivity (Wildman–Crippen MR) is 93.5 cm³/mol. The van der Waals surface area contributed by atoms with Crippen molar-refractivity contribution in [1.82, 2.24) is 10.3 Å². The van der Waals surface area contributed by atoms with Gasteiger partial charge in [0.15, 0.2) is 5.13 Å². The van der Waals surface area contributed by atoms with E-state index in [0.29, 0.717) is 18.0 Å². The van der Waals surface area contributed by atoms with Gasteiger partial charge in [-0.15, -0.1) is 11.3 Å². The van der Waals surface area contributed by atoms with E-state index in [0.717, 1.165) is 6.54 Å². The van der Waals surface area contributed by atoms with Crippen molar-refractivity contribution < 1.29 is 0 Å². The fourth-order valence-electron chi connectivity index (χ4n) is 2.84. The molecule has 3 nitrogen and oxygen atoms in total. The second-order valence-electron chi connectivity index (χ2n) is 6.69. The number of hydrogen-bond acceptors (Lipinski definition) is 4. The molecule has 2 heterocycles. The zero-order valence-corrected chi connectivity index (χ0v) is 15.1. The molecule has 1 aliphatic heterocycles. The molecule has 1 aromatic heterocycles. The third kappa shape index (κ3) is 4.19. The van der Waals surface area contributed by atoms with Crippen LogP contribution in [-0.4, -0.2) is 23.6 Å². The maximum atomic E-state index is 4.99. The Bertz CT molecular complexity index is 441. The zero-order valence-electron chi connectivity index (χ0n) is 14.3. The van der Waals surface area contributed by atoms with Crippen molar-refractivity contribution in [3.05, 3.63) is 10.6 Å². The fraction of sp³-hybridized carbons (Fsp3) is 0.824. The van der Waals surface area contributed by atoms with Crippen molar-refractivity contribution in [2.45, 2.75) is 84.8 Å². The van der Waals surface area contributed by atoms with Crippen LogP contribution in [0.5, 0.6) is 0 Å². The van der Waals surface area contributed by atoms with Crippen molar-refractivity contribution in [2.24, 2.45) is 0 Å². The minimum absolute atomic E-state index is 0.504. The van der Waals surface area contributed by atoms with Crippen LogP contribution in [0, 0.1) is 0 Å². The van der Waals surface area contributed by atoms with E-state index in [-0.39, 0.29) is 0 Å². The first-order chi connectivity index (χ1) is 10.0. The van der Waals surface area contributed by atoms with Crippen LogP contribution in [0.4, 0.5) is 5.13 Å². The highest BCUT2D eigenvalue weighted by Gasteiger charge is 2.24. The molecule has 0 bridgehead atoms.